The Kier molecular flexibility index (Phi) is 6.45. The predicted octanol–water partition coefficient (Wildman–Crippen LogP) is 5.96. The molecule has 13 heteroatoms. The number of aromatic hydroxyl groups is 1. The van der Waals surface area contributed by atoms with Gasteiger partial charge in [-0.15, -0.1) is 0 Å². The largest absolute Gasteiger partial charge is 0.508 e. The van der Waals surface area contributed by atoms with Crippen LogP contribution in [0.15, 0.2) is 18.3 Å². The number of pyridine rings is 1. The van der Waals surface area contributed by atoms with Crippen LogP contribution in [-0.4, -0.2) is 69.1 Å². The van der Waals surface area contributed by atoms with Crippen LogP contribution in [0.2, 0.25) is 5.02 Å². The van der Waals surface area contributed by atoms with Crippen LogP contribution in [0.1, 0.15) is 43.6 Å². The Hall–Kier alpha value is -2.99. The number of fused-ring (bicyclic) bond motifs is 2. The van der Waals surface area contributed by atoms with Gasteiger partial charge in [-0.05, 0) is 55.8 Å². The Morgan fingerprint density at radius 2 is 1.97 bits per heavy atom. The SMILES string of the molecule is Oc1cc(Cl)c(C2CC2)c(-c2ncc3c(OCC(F)(F)F)nc(OC[C@@]45CCCN4C[C@H](F)C5)nc3c2F)c1. The maximum Gasteiger partial charge on any atom is 0.422 e. The first-order chi connectivity index (χ1) is 18.5. The molecule has 3 aliphatic rings. The van der Waals surface area contributed by atoms with Crippen molar-refractivity contribution in [2.45, 2.75) is 55.9 Å². The molecule has 1 saturated carbocycles. The van der Waals surface area contributed by atoms with Crippen LogP contribution in [0.5, 0.6) is 17.6 Å². The van der Waals surface area contributed by atoms with Gasteiger partial charge in [-0.25, -0.2) is 8.78 Å². The zero-order chi connectivity index (χ0) is 27.5. The number of alkyl halides is 4. The number of hydrogen-bond acceptors (Lipinski definition) is 7. The minimum atomic E-state index is -4.68. The summed E-state index contributed by atoms with van der Waals surface area (Å²) in [6, 6.07) is 2.32. The highest BCUT2D eigenvalue weighted by molar-refractivity contribution is 6.32. The van der Waals surface area contributed by atoms with Crippen molar-refractivity contribution in [2.75, 3.05) is 26.3 Å². The van der Waals surface area contributed by atoms with Gasteiger partial charge in [-0.2, -0.15) is 23.1 Å². The molecule has 0 spiro atoms. The number of phenols is 1. The van der Waals surface area contributed by atoms with Gasteiger partial charge < -0.3 is 14.6 Å². The summed E-state index contributed by atoms with van der Waals surface area (Å²) in [6.45, 7) is -0.689. The fourth-order valence-electron chi connectivity index (χ4n) is 5.76. The van der Waals surface area contributed by atoms with Crippen LogP contribution in [-0.2, 0) is 0 Å². The van der Waals surface area contributed by atoms with E-state index in [0.717, 1.165) is 25.5 Å². The molecule has 208 valence electrons. The second-order valence-corrected chi connectivity index (χ2v) is 10.8. The number of aromatic nitrogens is 3. The lowest BCUT2D eigenvalue weighted by Crippen LogP contribution is -2.43. The van der Waals surface area contributed by atoms with E-state index in [9.17, 15) is 22.7 Å². The molecule has 0 radical (unpaired) electrons. The van der Waals surface area contributed by atoms with Gasteiger partial charge in [0.25, 0.3) is 0 Å². The van der Waals surface area contributed by atoms with E-state index in [4.69, 9.17) is 21.1 Å². The zero-order valence-corrected chi connectivity index (χ0v) is 21.3. The topological polar surface area (TPSA) is 80.6 Å². The average molecular weight is 571 g/mol. The summed E-state index contributed by atoms with van der Waals surface area (Å²) < 4.78 is 79.9. The number of nitrogens with zero attached hydrogens (tertiary/aromatic N) is 4. The molecule has 2 atom stereocenters. The van der Waals surface area contributed by atoms with E-state index in [1.54, 1.807) is 0 Å². The first kappa shape index (κ1) is 26.2. The van der Waals surface area contributed by atoms with Gasteiger partial charge >= 0.3 is 12.2 Å². The second-order valence-electron chi connectivity index (χ2n) is 10.4. The molecule has 7 nitrogen and oxygen atoms in total. The Morgan fingerprint density at radius 1 is 1.18 bits per heavy atom. The molecule has 1 aromatic carbocycles. The third-order valence-corrected chi connectivity index (χ3v) is 7.90. The van der Waals surface area contributed by atoms with Crippen molar-refractivity contribution in [3.05, 3.63) is 34.7 Å². The van der Waals surface area contributed by atoms with Crippen LogP contribution in [0.25, 0.3) is 22.2 Å². The molecule has 0 bridgehead atoms. The molecule has 1 N–H and O–H groups in total. The van der Waals surface area contributed by atoms with E-state index in [2.05, 4.69) is 15.0 Å². The van der Waals surface area contributed by atoms with E-state index in [1.165, 1.54) is 12.1 Å². The smallest absolute Gasteiger partial charge is 0.422 e. The Balaban J connectivity index is 1.42. The summed E-state index contributed by atoms with van der Waals surface area (Å²) in [5, 5.41) is 10.2. The number of ether oxygens (including phenoxy) is 2. The molecule has 1 aliphatic carbocycles. The van der Waals surface area contributed by atoms with Gasteiger partial charge in [0.15, 0.2) is 12.4 Å². The number of phenolic OH excluding ortho intramolecular Hbond substituents is 1. The number of hydrogen-bond donors (Lipinski definition) is 1. The quantitative estimate of drug-likeness (QED) is 0.351. The van der Waals surface area contributed by atoms with Crippen molar-refractivity contribution >= 4 is 22.5 Å². The monoisotopic (exact) mass is 570 g/mol. The molecule has 3 aromatic rings. The van der Waals surface area contributed by atoms with Gasteiger partial charge in [0.2, 0.25) is 5.88 Å². The summed E-state index contributed by atoms with van der Waals surface area (Å²) in [7, 11) is 0. The standard InChI is InChI=1S/C26H24ClF5N4O3/c27-18-7-15(37)6-16(19(18)13-2-3-13)21-20(29)22-17(9-33-21)23(38-12-26(30,31)32)35-24(34-22)39-11-25-4-1-5-36(25)10-14(28)8-25/h6-7,9,13-14,37H,1-5,8,10-12H2/t14-,25+/m1/s1. The summed E-state index contributed by atoms with van der Waals surface area (Å²) in [6.07, 6.45) is -1.11. The number of benzene rings is 1. The normalized spacial score (nSPS) is 23.4. The molecule has 2 aromatic heterocycles. The van der Waals surface area contributed by atoms with E-state index in [1.807, 2.05) is 4.90 Å². The highest BCUT2D eigenvalue weighted by Crippen LogP contribution is 2.49. The van der Waals surface area contributed by atoms with Gasteiger partial charge in [0, 0.05) is 29.7 Å². The van der Waals surface area contributed by atoms with Gasteiger partial charge in [-0.3, -0.25) is 9.88 Å². The number of halogens is 6. The molecule has 2 saturated heterocycles. The van der Waals surface area contributed by atoms with Gasteiger partial charge in [-0.1, -0.05) is 11.6 Å². The molecule has 4 heterocycles. The number of rotatable bonds is 7. The van der Waals surface area contributed by atoms with Crippen LogP contribution in [0.3, 0.4) is 0 Å². The van der Waals surface area contributed by atoms with Crippen molar-refractivity contribution in [3.8, 4) is 28.9 Å². The molecular formula is C26H24ClF5N4O3. The maximum absolute atomic E-state index is 16.1. The fourth-order valence-corrected chi connectivity index (χ4v) is 6.13. The first-order valence-corrected chi connectivity index (χ1v) is 13.0. The lowest BCUT2D eigenvalue weighted by atomic mass is 9.95. The highest BCUT2D eigenvalue weighted by Gasteiger charge is 2.49. The summed E-state index contributed by atoms with van der Waals surface area (Å²) in [5.74, 6) is -1.62. The van der Waals surface area contributed by atoms with E-state index in [0.29, 0.717) is 18.5 Å². The minimum absolute atomic E-state index is 0.00874. The van der Waals surface area contributed by atoms with Crippen LogP contribution in [0.4, 0.5) is 22.0 Å². The lowest BCUT2D eigenvalue weighted by Gasteiger charge is -2.30. The molecule has 39 heavy (non-hydrogen) atoms. The Bertz CT molecular complexity index is 1440. The molecule has 6 rings (SSSR count). The third kappa shape index (κ3) is 5.04. The molecular weight excluding hydrogens is 547 g/mol. The van der Waals surface area contributed by atoms with Crippen molar-refractivity contribution in [1.29, 1.82) is 0 Å². The second kappa shape index (κ2) is 9.58. The van der Waals surface area contributed by atoms with Crippen molar-refractivity contribution in [3.63, 3.8) is 0 Å². The van der Waals surface area contributed by atoms with Crippen molar-refractivity contribution in [1.82, 2.24) is 19.9 Å². The van der Waals surface area contributed by atoms with E-state index < -0.39 is 42.2 Å². The Morgan fingerprint density at radius 3 is 2.72 bits per heavy atom. The van der Waals surface area contributed by atoms with Crippen LogP contribution >= 0.6 is 11.6 Å². The van der Waals surface area contributed by atoms with Crippen molar-refractivity contribution in [2.24, 2.45) is 0 Å². The summed E-state index contributed by atoms with van der Waals surface area (Å²) >= 11 is 6.37. The predicted molar refractivity (Wildman–Crippen MR) is 131 cm³/mol. The van der Waals surface area contributed by atoms with Crippen molar-refractivity contribution < 1.29 is 36.5 Å². The van der Waals surface area contributed by atoms with Gasteiger partial charge in [0.1, 0.15) is 29.7 Å². The third-order valence-electron chi connectivity index (χ3n) is 7.59. The van der Waals surface area contributed by atoms with Crippen LogP contribution in [0, 0.1) is 5.82 Å². The summed E-state index contributed by atoms with van der Waals surface area (Å²) in [5.41, 5.74) is -0.225. The zero-order valence-electron chi connectivity index (χ0n) is 20.6. The van der Waals surface area contributed by atoms with E-state index in [-0.39, 0.29) is 58.4 Å². The maximum atomic E-state index is 16.1. The lowest BCUT2D eigenvalue weighted by molar-refractivity contribution is -0.153. The molecule has 2 aliphatic heterocycles. The molecule has 0 amide bonds. The first-order valence-electron chi connectivity index (χ1n) is 12.6. The summed E-state index contributed by atoms with van der Waals surface area (Å²) in [4.78, 5) is 14.3. The highest BCUT2D eigenvalue weighted by atomic mass is 35.5. The average Bonchev–Trinajstić information content (AvgIpc) is 3.54. The molecule has 3 fully saturated rings. The van der Waals surface area contributed by atoms with Crippen LogP contribution < -0.4 is 9.47 Å². The fraction of sp³-hybridized carbons (Fsp3) is 0.500. The van der Waals surface area contributed by atoms with E-state index >= 15 is 4.39 Å². The minimum Gasteiger partial charge on any atom is -0.508 e. The molecule has 0 unspecified atom stereocenters. The Labute approximate surface area is 224 Å². The van der Waals surface area contributed by atoms with Gasteiger partial charge in [0.05, 0.1) is 10.9 Å².